The molecule has 27 heteroatoms. The third-order valence-electron chi connectivity index (χ3n) is 15.0. The van der Waals surface area contributed by atoms with Crippen LogP contribution in [0.3, 0.4) is 0 Å². The van der Waals surface area contributed by atoms with Crippen molar-refractivity contribution < 1.29 is 32.1 Å². The van der Waals surface area contributed by atoms with Gasteiger partial charge in [-0.25, -0.2) is 64.8 Å². The van der Waals surface area contributed by atoms with E-state index < -0.39 is 12.7 Å². The Morgan fingerprint density at radius 1 is 0.377 bits per heavy atom. The lowest BCUT2D eigenvalue weighted by atomic mass is 10.0. The number of para-hydroxylation sites is 1. The standard InChI is InChI=1S/C24H21N5O.2C20H19N5O.C15H18F3N5O/c1-15(2)20-13-28-19(12-21(20)30-22-14-27-16(3)29-24(22)25)10-9-18-7-4-6-17-8-5-11-26-23(17)18;1-13(2)17-11-24-16(5-4-15-6-8-22-9-7-15)10-18(17)26-19-12-23-14(3)25-20(19)21;1-13(2)17-11-24-16(8-7-15-6-4-5-9-22-15)10-18(17)26-19-12-23-14(3)25-20(19)21;1-8(2)10-5-21-13(22-7-15(16,17)18)4-11(10)24-12-6-20-9(3)23-14(12)19/h4-8,11-15H,1-3H3,(H2,25,27,29);6-13H,1-3H3,(H2,21,23,25);4-6,9-13H,1-3H3,(H2,21,23,25);4-6,8H,7H2,1-3H3,(H,21,22)(H2,19,20,23). The predicted molar refractivity (Wildman–Crippen MR) is 401 cm³/mol. The Labute approximate surface area is 612 Å². The number of fused-ring (bicyclic) bond motifs is 1. The van der Waals surface area contributed by atoms with Crippen molar-refractivity contribution in [3.05, 3.63) is 239 Å². The third-order valence-corrected chi connectivity index (χ3v) is 15.0. The second kappa shape index (κ2) is 35.9. The summed E-state index contributed by atoms with van der Waals surface area (Å²) >= 11 is 0. The number of aromatic nitrogens is 15. The lowest BCUT2D eigenvalue weighted by Crippen LogP contribution is -2.21. The fourth-order valence-electron chi connectivity index (χ4n) is 9.54. The monoisotopic (exact) mass is 1430 g/mol. The highest BCUT2D eigenvalue weighted by molar-refractivity contribution is 5.84. The summed E-state index contributed by atoms with van der Waals surface area (Å²) < 4.78 is 60.7. The van der Waals surface area contributed by atoms with E-state index in [9.17, 15) is 13.2 Å². The lowest BCUT2D eigenvalue weighted by molar-refractivity contribution is -0.115. The van der Waals surface area contributed by atoms with Crippen molar-refractivity contribution in [1.82, 2.24) is 74.8 Å². The van der Waals surface area contributed by atoms with Crippen LogP contribution in [0, 0.1) is 63.2 Å². The van der Waals surface area contributed by atoms with E-state index in [1.54, 1.807) is 95.7 Å². The van der Waals surface area contributed by atoms with Gasteiger partial charge < -0.3 is 47.2 Å². The number of hydrogen-bond acceptors (Lipinski definition) is 24. The molecule has 0 saturated heterocycles. The molecule has 0 radical (unpaired) electrons. The van der Waals surface area contributed by atoms with E-state index in [0.717, 1.165) is 44.3 Å². The molecule has 12 aromatic rings. The molecular formula is C79H77F3N20O4. The maximum atomic E-state index is 12.3. The maximum absolute atomic E-state index is 12.3. The lowest BCUT2D eigenvalue weighted by Gasteiger charge is -2.16. The summed E-state index contributed by atoms with van der Waals surface area (Å²) in [7, 11) is 0. The molecule has 538 valence electrons. The molecule has 0 aliphatic carbocycles. The topological polar surface area (TPSA) is 346 Å². The van der Waals surface area contributed by atoms with Crippen LogP contribution in [0.5, 0.6) is 46.0 Å². The van der Waals surface area contributed by atoms with Crippen molar-refractivity contribution in [3.8, 4) is 81.5 Å². The molecule has 0 amide bonds. The van der Waals surface area contributed by atoms with Gasteiger partial charge in [-0.05, 0) is 111 Å². The number of ether oxygens (including phenoxy) is 4. The van der Waals surface area contributed by atoms with Gasteiger partial charge in [0.15, 0.2) is 46.3 Å². The minimum Gasteiger partial charge on any atom is -0.451 e. The van der Waals surface area contributed by atoms with Crippen LogP contribution in [0.4, 0.5) is 42.3 Å². The number of nitrogens with zero attached hydrogens (tertiary/aromatic N) is 15. The Kier molecular flexibility index (Phi) is 26.0. The molecule has 1 aromatic carbocycles. The van der Waals surface area contributed by atoms with Gasteiger partial charge in [-0.2, -0.15) is 13.2 Å². The highest BCUT2D eigenvalue weighted by atomic mass is 19.4. The fourth-order valence-corrected chi connectivity index (χ4v) is 9.54. The smallest absolute Gasteiger partial charge is 0.405 e. The van der Waals surface area contributed by atoms with Crippen LogP contribution in [-0.2, 0) is 0 Å². The fraction of sp³-hybridized carbons (Fsp3) is 0.228. The number of aryl methyl sites for hydroxylation is 4. The average Bonchev–Trinajstić information content (AvgIpc) is 0.797. The van der Waals surface area contributed by atoms with Crippen LogP contribution in [0.2, 0.25) is 0 Å². The van der Waals surface area contributed by atoms with E-state index in [0.29, 0.717) is 104 Å². The SMILES string of the molecule is Cc1ncc(Oc2cc(C#Cc3cccc4cccnc34)ncc2C(C)C)c(N)n1.Cc1ncc(Oc2cc(C#Cc3ccccn3)ncc2C(C)C)c(N)n1.Cc1ncc(Oc2cc(C#Cc3ccncc3)ncc2C(C)C)c(N)n1.Cc1ncc(Oc2cc(NCC(F)(F)F)ncc2C(C)C)c(N)n1. The van der Waals surface area contributed by atoms with Gasteiger partial charge in [0.2, 0.25) is 0 Å². The second-order valence-corrected chi connectivity index (χ2v) is 24.7. The summed E-state index contributed by atoms with van der Waals surface area (Å²) in [6.07, 6.45) is 15.5. The summed E-state index contributed by atoms with van der Waals surface area (Å²) in [4.78, 5) is 62.8. The minimum atomic E-state index is -4.34. The Morgan fingerprint density at radius 3 is 1.17 bits per heavy atom. The van der Waals surface area contributed by atoms with Gasteiger partial charge in [0.25, 0.3) is 0 Å². The Balaban J connectivity index is 0.000000164. The molecule has 11 heterocycles. The molecule has 9 N–H and O–H groups in total. The molecule has 0 fully saturated rings. The number of nitrogens with one attached hydrogen (secondary N) is 1. The number of alkyl halides is 3. The average molecular weight is 1430 g/mol. The number of benzene rings is 1. The summed E-state index contributed by atoms with van der Waals surface area (Å²) in [6, 6.07) is 26.0. The summed E-state index contributed by atoms with van der Waals surface area (Å²) in [6.45, 7) is 22.1. The maximum Gasteiger partial charge on any atom is 0.405 e. The second-order valence-electron chi connectivity index (χ2n) is 24.7. The van der Waals surface area contributed by atoms with Crippen molar-refractivity contribution >= 4 is 40.0 Å². The van der Waals surface area contributed by atoms with Crippen molar-refractivity contribution in [2.45, 2.75) is 113 Å². The molecule has 0 spiro atoms. The van der Waals surface area contributed by atoms with E-state index in [2.05, 4.69) is 157 Å². The van der Waals surface area contributed by atoms with Crippen molar-refractivity contribution in [1.29, 1.82) is 0 Å². The number of rotatable bonds is 14. The van der Waals surface area contributed by atoms with Crippen LogP contribution in [0.25, 0.3) is 10.9 Å². The summed E-state index contributed by atoms with van der Waals surface area (Å²) in [5.74, 6) is 26.2. The first-order chi connectivity index (χ1) is 50.7. The quantitative estimate of drug-likeness (QED) is 0.0631. The number of pyridine rings is 7. The van der Waals surface area contributed by atoms with Gasteiger partial charge in [0.05, 0.1) is 35.9 Å². The summed E-state index contributed by atoms with van der Waals surface area (Å²) in [5.41, 5.74) is 32.3. The summed E-state index contributed by atoms with van der Waals surface area (Å²) in [5, 5.41) is 3.27. The van der Waals surface area contributed by atoms with Gasteiger partial charge in [0, 0.05) is 107 Å². The zero-order chi connectivity index (χ0) is 76.0. The van der Waals surface area contributed by atoms with Gasteiger partial charge in [-0.3, -0.25) is 9.97 Å². The van der Waals surface area contributed by atoms with E-state index in [1.165, 1.54) is 18.5 Å². The number of nitrogen functional groups attached to an aromatic ring is 4. The zero-order valence-electron chi connectivity index (χ0n) is 60.3. The van der Waals surface area contributed by atoms with E-state index in [-0.39, 0.29) is 41.1 Å². The highest BCUT2D eigenvalue weighted by Gasteiger charge is 2.27. The van der Waals surface area contributed by atoms with Gasteiger partial charge >= 0.3 is 6.18 Å². The minimum absolute atomic E-state index is 0.0526. The Hall–Kier alpha value is -13.5. The molecule has 0 atom stereocenters. The van der Waals surface area contributed by atoms with Crippen LogP contribution in [0.15, 0.2) is 159 Å². The van der Waals surface area contributed by atoms with Gasteiger partial charge in [0.1, 0.15) is 81.4 Å². The number of anilines is 5. The molecule has 11 aromatic heterocycles. The highest BCUT2D eigenvalue weighted by Crippen LogP contribution is 2.37. The van der Waals surface area contributed by atoms with Gasteiger partial charge in [-0.1, -0.05) is 91.5 Å². The largest absolute Gasteiger partial charge is 0.451 e. The zero-order valence-corrected chi connectivity index (χ0v) is 60.3. The molecule has 12 rings (SSSR count). The van der Waals surface area contributed by atoms with Crippen LogP contribution in [-0.4, -0.2) is 87.5 Å². The number of halogens is 3. The number of nitrogens with two attached hydrogens (primary N) is 4. The molecule has 0 aliphatic heterocycles. The first-order valence-electron chi connectivity index (χ1n) is 33.3. The predicted octanol–water partition coefficient (Wildman–Crippen LogP) is 15.2. The molecule has 24 nitrogen and oxygen atoms in total. The molecule has 0 unspecified atom stereocenters. The Morgan fingerprint density at radius 2 is 0.764 bits per heavy atom. The molecule has 0 aliphatic rings. The van der Waals surface area contributed by atoms with Gasteiger partial charge in [-0.15, -0.1) is 0 Å². The Bertz CT molecular complexity index is 5080. The third kappa shape index (κ3) is 22.3. The molecule has 0 bridgehead atoms. The molecule has 106 heavy (non-hydrogen) atoms. The van der Waals surface area contributed by atoms with Crippen LogP contribution < -0.4 is 47.2 Å². The molecular weight excluding hydrogens is 1350 g/mol. The van der Waals surface area contributed by atoms with Crippen LogP contribution in [0.1, 0.15) is 159 Å². The van der Waals surface area contributed by atoms with E-state index >= 15 is 0 Å². The normalized spacial score (nSPS) is 10.7. The van der Waals surface area contributed by atoms with Crippen molar-refractivity contribution in [2.75, 3.05) is 34.8 Å². The van der Waals surface area contributed by atoms with E-state index in [1.807, 2.05) is 86.6 Å². The first-order valence-corrected chi connectivity index (χ1v) is 33.3. The van der Waals surface area contributed by atoms with E-state index in [4.69, 9.17) is 41.9 Å². The number of hydrogen-bond donors (Lipinski definition) is 5. The van der Waals surface area contributed by atoms with Crippen LogP contribution >= 0.6 is 0 Å². The molecule has 0 saturated carbocycles. The van der Waals surface area contributed by atoms with Crippen molar-refractivity contribution in [3.63, 3.8) is 0 Å². The van der Waals surface area contributed by atoms with Crippen molar-refractivity contribution in [2.24, 2.45) is 0 Å². The first kappa shape index (κ1) is 76.7.